The van der Waals surface area contributed by atoms with E-state index in [4.69, 9.17) is 11.6 Å². The van der Waals surface area contributed by atoms with E-state index in [9.17, 15) is 14.0 Å². The Balaban J connectivity index is 1.48. The second kappa shape index (κ2) is 11.0. The van der Waals surface area contributed by atoms with E-state index in [1.807, 2.05) is 24.3 Å². The number of fused-ring (bicyclic) bond motifs is 1. The second-order valence-electron chi connectivity index (χ2n) is 7.24. The Morgan fingerprint density at radius 3 is 2.51 bits per heavy atom. The van der Waals surface area contributed by atoms with Crippen LogP contribution in [0.1, 0.15) is 0 Å². The van der Waals surface area contributed by atoms with Gasteiger partial charge in [0.25, 0.3) is 0 Å². The number of carbonyl (C=O) groups is 2. The molecule has 0 aliphatic carbocycles. The molecule has 176 valence electrons. The predicted octanol–water partition coefficient (Wildman–Crippen LogP) is 6.02. The molecule has 3 N–H and O–H groups in total. The molecule has 0 atom stereocenters. The van der Waals surface area contributed by atoms with Gasteiger partial charge < -0.3 is 16.0 Å². The summed E-state index contributed by atoms with van der Waals surface area (Å²) in [6, 6.07) is 18.5. The molecule has 1 aromatic heterocycles. The van der Waals surface area contributed by atoms with Gasteiger partial charge >= 0.3 is 0 Å². The topological polar surface area (TPSA) is 96.0 Å². The first kappa shape index (κ1) is 24.2. The number of aromatic nitrogens is 2. The van der Waals surface area contributed by atoms with E-state index in [0.717, 1.165) is 5.39 Å². The first-order valence-corrected chi connectivity index (χ1v) is 11.7. The maximum atomic E-state index is 13.5. The molecule has 2 amide bonds. The van der Waals surface area contributed by atoms with Gasteiger partial charge in [-0.3, -0.25) is 9.59 Å². The molecule has 0 saturated heterocycles. The number of carbonyl (C=O) groups excluding carboxylic acids is 2. The highest BCUT2D eigenvalue weighted by molar-refractivity contribution is 7.99. The smallest absolute Gasteiger partial charge is 0.247 e. The van der Waals surface area contributed by atoms with Gasteiger partial charge in [-0.25, -0.2) is 14.4 Å². The maximum absolute atomic E-state index is 13.5. The average Bonchev–Trinajstić information content (AvgIpc) is 2.85. The minimum Gasteiger partial charge on any atom is -0.340 e. The van der Waals surface area contributed by atoms with Crippen molar-refractivity contribution in [3.8, 4) is 0 Å². The van der Waals surface area contributed by atoms with Crippen molar-refractivity contribution in [3.05, 3.63) is 90.2 Å². The normalized spacial score (nSPS) is 10.6. The van der Waals surface area contributed by atoms with Crippen molar-refractivity contribution in [2.45, 2.75) is 5.16 Å². The summed E-state index contributed by atoms with van der Waals surface area (Å²) in [4.78, 5) is 33.1. The molecule has 0 saturated carbocycles. The van der Waals surface area contributed by atoms with Crippen molar-refractivity contribution in [2.75, 3.05) is 21.7 Å². The zero-order valence-corrected chi connectivity index (χ0v) is 19.8. The van der Waals surface area contributed by atoms with Crippen LogP contribution in [0.4, 0.5) is 27.3 Å². The van der Waals surface area contributed by atoms with Crippen LogP contribution in [-0.4, -0.2) is 27.5 Å². The van der Waals surface area contributed by atoms with Crippen molar-refractivity contribution in [1.29, 1.82) is 0 Å². The zero-order valence-electron chi connectivity index (χ0n) is 18.2. The van der Waals surface area contributed by atoms with E-state index in [0.29, 0.717) is 33.6 Å². The van der Waals surface area contributed by atoms with E-state index < -0.39 is 5.82 Å². The number of nitrogens with zero attached hydrogens (tertiary/aromatic N) is 2. The molecular formula is C25H19ClFN5O2S. The predicted molar refractivity (Wildman–Crippen MR) is 139 cm³/mol. The number of halogens is 2. The Kier molecular flexibility index (Phi) is 7.59. The van der Waals surface area contributed by atoms with Crippen LogP contribution in [0.5, 0.6) is 0 Å². The molecule has 4 aromatic rings. The fraction of sp³-hybridized carbons (Fsp3) is 0.0400. The highest BCUT2D eigenvalue weighted by atomic mass is 35.5. The number of benzene rings is 3. The summed E-state index contributed by atoms with van der Waals surface area (Å²) in [6.07, 6.45) is 1.17. The molecule has 4 rings (SSSR count). The summed E-state index contributed by atoms with van der Waals surface area (Å²) in [6.45, 7) is 3.41. The van der Waals surface area contributed by atoms with Gasteiger partial charge in [0.15, 0.2) is 5.16 Å². The molecule has 0 unspecified atom stereocenters. The van der Waals surface area contributed by atoms with E-state index in [1.54, 1.807) is 30.3 Å². The van der Waals surface area contributed by atoms with Crippen LogP contribution in [0.3, 0.4) is 0 Å². The molecule has 0 aliphatic heterocycles. The summed E-state index contributed by atoms with van der Waals surface area (Å²) >= 11 is 7.07. The number of anilines is 4. The van der Waals surface area contributed by atoms with Crippen LogP contribution >= 0.6 is 23.4 Å². The minimum absolute atomic E-state index is 0.00670. The fourth-order valence-electron chi connectivity index (χ4n) is 3.12. The van der Waals surface area contributed by atoms with Gasteiger partial charge in [-0.1, -0.05) is 48.1 Å². The summed E-state index contributed by atoms with van der Waals surface area (Å²) in [5.74, 6) is -0.556. The molecule has 10 heteroatoms. The molecule has 0 bridgehead atoms. The lowest BCUT2D eigenvalue weighted by Crippen LogP contribution is -2.15. The number of amides is 2. The summed E-state index contributed by atoms with van der Waals surface area (Å²) in [5, 5.41) is 9.73. The van der Waals surface area contributed by atoms with Gasteiger partial charge in [0.2, 0.25) is 11.8 Å². The van der Waals surface area contributed by atoms with Crippen LogP contribution in [0.15, 0.2) is 84.5 Å². The lowest BCUT2D eigenvalue weighted by atomic mass is 10.2. The third-order valence-corrected chi connectivity index (χ3v) is 5.83. The molecule has 0 radical (unpaired) electrons. The first-order chi connectivity index (χ1) is 16.9. The van der Waals surface area contributed by atoms with Crippen molar-refractivity contribution >= 4 is 69.0 Å². The lowest BCUT2D eigenvalue weighted by molar-refractivity contribution is -0.114. The van der Waals surface area contributed by atoms with Crippen LogP contribution in [0, 0.1) is 5.82 Å². The lowest BCUT2D eigenvalue weighted by Gasteiger charge is -2.11. The zero-order chi connectivity index (χ0) is 24.8. The van der Waals surface area contributed by atoms with Gasteiger partial charge in [0, 0.05) is 22.4 Å². The minimum atomic E-state index is -0.513. The summed E-state index contributed by atoms with van der Waals surface area (Å²) in [7, 11) is 0. The van der Waals surface area contributed by atoms with Crippen LogP contribution < -0.4 is 16.0 Å². The maximum Gasteiger partial charge on any atom is 0.247 e. The number of para-hydroxylation sites is 1. The Hall–Kier alpha value is -3.95. The monoisotopic (exact) mass is 507 g/mol. The van der Waals surface area contributed by atoms with E-state index >= 15 is 0 Å². The SMILES string of the molecule is C=CC(=O)Nc1cccc(NC(=O)CSc2nc(Nc3ccc(F)c(Cl)c3)c3ccccc3n2)c1. The van der Waals surface area contributed by atoms with Gasteiger partial charge in [0.05, 0.1) is 16.3 Å². The number of thioether (sulfide) groups is 1. The Morgan fingerprint density at radius 1 is 0.971 bits per heavy atom. The van der Waals surface area contributed by atoms with Gasteiger partial charge in [-0.2, -0.15) is 0 Å². The number of hydrogen-bond donors (Lipinski definition) is 3. The molecule has 7 nitrogen and oxygen atoms in total. The third-order valence-electron chi connectivity index (χ3n) is 4.70. The van der Waals surface area contributed by atoms with Crippen molar-refractivity contribution in [1.82, 2.24) is 9.97 Å². The Morgan fingerprint density at radius 2 is 1.74 bits per heavy atom. The van der Waals surface area contributed by atoms with Crippen molar-refractivity contribution < 1.29 is 14.0 Å². The van der Waals surface area contributed by atoms with Crippen LogP contribution in [0.25, 0.3) is 10.9 Å². The summed E-state index contributed by atoms with van der Waals surface area (Å²) < 4.78 is 13.5. The quantitative estimate of drug-likeness (QED) is 0.153. The van der Waals surface area contributed by atoms with Gasteiger partial charge in [-0.05, 0) is 54.6 Å². The first-order valence-electron chi connectivity index (χ1n) is 10.4. The molecule has 3 aromatic carbocycles. The van der Waals surface area contributed by atoms with Gasteiger partial charge in [-0.15, -0.1) is 0 Å². The van der Waals surface area contributed by atoms with Crippen molar-refractivity contribution in [3.63, 3.8) is 0 Å². The highest BCUT2D eigenvalue weighted by Gasteiger charge is 2.12. The van der Waals surface area contributed by atoms with E-state index in [2.05, 4.69) is 32.5 Å². The van der Waals surface area contributed by atoms with Crippen LogP contribution in [0.2, 0.25) is 5.02 Å². The number of nitrogens with one attached hydrogen (secondary N) is 3. The van der Waals surface area contributed by atoms with Crippen LogP contribution in [-0.2, 0) is 9.59 Å². The molecule has 0 spiro atoms. The molecule has 35 heavy (non-hydrogen) atoms. The van der Waals surface area contributed by atoms with Crippen molar-refractivity contribution in [2.24, 2.45) is 0 Å². The summed E-state index contributed by atoms with van der Waals surface area (Å²) in [5.41, 5.74) is 2.33. The molecular weight excluding hydrogens is 489 g/mol. The number of hydrogen-bond acceptors (Lipinski definition) is 6. The molecule has 0 aliphatic rings. The molecule has 0 fully saturated rings. The van der Waals surface area contributed by atoms with E-state index in [-0.39, 0.29) is 22.6 Å². The largest absolute Gasteiger partial charge is 0.340 e. The standard InChI is InChI=1S/C25H19ClFN5O2S/c1-2-22(33)28-15-6-5-7-16(12-15)29-23(34)14-35-25-31-21-9-4-3-8-18(21)24(32-25)30-17-10-11-20(27)19(26)13-17/h2-13H,1,14H2,(H,28,33)(H,29,34)(H,30,31,32). The fourth-order valence-corrected chi connectivity index (χ4v) is 3.95. The number of rotatable bonds is 8. The highest BCUT2D eigenvalue weighted by Crippen LogP contribution is 2.28. The molecule has 1 heterocycles. The van der Waals surface area contributed by atoms with E-state index in [1.165, 1.54) is 30.0 Å². The Labute approximate surface area is 209 Å². The van der Waals surface area contributed by atoms with Gasteiger partial charge in [0.1, 0.15) is 11.6 Å². The third kappa shape index (κ3) is 6.34. The Bertz CT molecular complexity index is 1430. The second-order valence-corrected chi connectivity index (χ2v) is 8.59. The average molecular weight is 508 g/mol.